The lowest BCUT2D eigenvalue weighted by molar-refractivity contribution is -0.131. The summed E-state index contributed by atoms with van der Waals surface area (Å²) in [7, 11) is 0. The number of hydrogen-bond donors (Lipinski definition) is 4. The summed E-state index contributed by atoms with van der Waals surface area (Å²) in [5, 5.41) is 8.22. The fourth-order valence-electron chi connectivity index (χ4n) is 6.78. The fourth-order valence-corrected chi connectivity index (χ4v) is 6.78. The Bertz CT molecular complexity index is 1650. The smallest absolute Gasteiger partial charge is 0.407 e. The van der Waals surface area contributed by atoms with Gasteiger partial charge in [0.1, 0.15) is 18.8 Å². The SMILES string of the molecule is C.CC(C)(C)OC(=O)NCCCC[C@H](NC(=O)C1CCCC1)C(=O)COc1c(F)cccc1F.Cl.NCCCC[C@H](NC(=O)C1CCCC1)C(=O)COc1c(F)cccc1F. The van der Waals surface area contributed by atoms with Crippen LogP contribution in [-0.2, 0) is 23.9 Å². The van der Waals surface area contributed by atoms with E-state index < -0.39 is 83.3 Å². The van der Waals surface area contributed by atoms with Crippen LogP contribution in [0.4, 0.5) is 22.4 Å². The number of alkyl carbamates (subject to hydrolysis) is 1. The molecule has 2 fully saturated rings. The van der Waals surface area contributed by atoms with Crippen LogP contribution in [0.1, 0.15) is 118 Å². The van der Waals surface area contributed by atoms with E-state index in [2.05, 4.69) is 16.0 Å². The second-order valence-corrected chi connectivity index (χ2v) is 15.9. The van der Waals surface area contributed by atoms with Crippen molar-refractivity contribution in [3.63, 3.8) is 0 Å². The quantitative estimate of drug-likeness (QED) is 0.0714. The molecule has 5 N–H and O–H groups in total. The van der Waals surface area contributed by atoms with Gasteiger partial charge in [0.25, 0.3) is 0 Å². The number of carbonyl (C=O) groups is 5. The number of halogens is 5. The Kier molecular flexibility index (Phi) is 25.2. The molecular weight excluding hydrogens is 824 g/mol. The zero-order chi connectivity index (χ0) is 43.4. The summed E-state index contributed by atoms with van der Waals surface area (Å²) in [6.07, 6.45) is 9.91. The van der Waals surface area contributed by atoms with Crippen LogP contribution in [0.15, 0.2) is 36.4 Å². The highest BCUT2D eigenvalue weighted by Crippen LogP contribution is 2.27. The molecule has 0 aromatic heterocycles. The van der Waals surface area contributed by atoms with E-state index >= 15 is 0 Å². The number of ketones is 2. The van der Waals surface area contributed by atoms with E-state index in [1.807, 2.05) is 0 Å². The molecule has 2 saturated carbocycles. The second kappa shape index (κ2) is 28.2. The Morgan fingerprint density at radius 2 is 1.05 bits per heavy atom. The highest BCUT2D eigenvalue weighted by Gasteiger charge is 2.29. The molecule has 3 amide bonds. The average molecular weight is 889 g/mol. The molecular formula is C44H65ClF4N4O8. The molecule has 2 aliphatic rings. The van der Waals surface area contributed by atoms with Crippen molar-refractivity contribution in [1.29, 1.82) is 0 Å². The molecule has 2 aliphatic carbocycles. The normalized spacial score (nSPS) is 14.8. The number of benzene rings is 2. The molecule has 0 spiro atoms. The number of unbranched alkanes of at least 4 members (excludes halogenated alkanes) is 2. The van der Waals surface area contributed by atoms with Gasteiger partial charge in [0, 0.05) is 18.4 Å². The maximum Gasteiger partial charge on any atom is 0.407 e. The first kappa shape index (κ1) is 54.6. The molecule has 0 saturated heterocycles. The molecule has 0 aliphatic heterocycles. The van der Waals surface area contributed by atoms with Crippen LogP contribution in [0.5, 0.6) is 11.5 Å². The van der Waals surface area contributed by atoms with Crippen LogP contribution < -0.4 is 31.2 Å². The lowest BCUT2D eigenvalue weighted by atomic mass is 10.0. The first-order valence-electron chi connectivity index (χ1n) is 20.6. The molecule has 2 aromatic carbocycles. The minimum Gasteiger partial charge on any atom is -0.480 e. The molecule has 12 nitrogen and oxygen atoms in total. The van der Waals surface area contributed by atoms with Gasteiger partial charge in [0.2, 0.25) is 11.8 Å². The van der Waals surface area contributed by atoms with Gasteiger partial charge in [0.15, 0.2) is 46.3 Å². The minimum atomic E-state index is -0.900. The first-order valence-corrected chi connectivity index (χ1v) is 20.6. The van der Waals surface area contributed by atoms with Gasteiger partial charge >= 0.3 is 6.09 Å². The number of para-hydroxylation sites is 2. The Labute approximate surface area is 363 Å². The maximum absolute atomic E-state index is 13.8. The molecule has 2 aromatic rings. The van der Waals surface area contributed by atoms with Gasteiger partial charge in [-0.3, -0.25) is 19.2 Å². The third kappa shape index (κ3) is 19.9. The van der Waals surface area contributed by atoms with E-state index in [0.717, 1.165) is 82.1 Å². The van der Waals surface area contributed by atoms with Crippen molar-refractivity contribution >= 4 is 41.9 Å². The molecule has 17 heteroatoms. The predicted octanol–water partition coefficient (Wildman–Crippen LogP) is 8.06. The van der Waals surface area contributed by atoms with Crippen molar-refractivity contribution < 1.29 is 55.7 Å². The molecule has 0 radical (unpaired) electrons. The molecule has 0 heterocycles. The summed E-state index contributed by atoms with van der Waals surface area (Å²) in [6.45, 7) is 5.08. The van der Waals surface area contributed by atoms with Crippen LogP contribution in [0, 0.1) is 35.1 Å². The molecule has 0 bridgehead atoms. The van der Waals surface area contributed by atoms with Gasteiger partial charge in [-0.2, -0.15) is 0 Å². The van der Waals surface area contributed by atoms with Crippen molar-refractivity contribution in [2.75, 3.05) is 26.3 Å². The first-order chi connectivity index (χ1) is 28.1. The topological polar surface area (TPSA) is 175 Å². The number of rotatable bonds is 21. The lowest BCUT2D eigenvalue weighted by Crippen LogP contribution is -2.45. The van der Waals surface area contributed by atoms with Crippen LogP contribution >= 0.6 is 12.4 Å². The highest BCUT2D eigenvalue weighted by atomic mass is 35.5. The van der Waals surface area contributed by atoms with E-state index in [1.165, 1.54) is 12.1 Å². The number of nitrogens with two attached hydrogens (primary N) is 1. The molecule has 344 valence electrons. The second-order valence-electron chi connectivity index (χ2n) is 15.9. The summed E-state index contributed by atoms with van der Waals surface area (Å²) >= 11 is 0. The summed E-state index contributed by atoms with van der Waals surface area (Å²) in [5.41, 5.74) is 4.89. The van der Waals surface area contributed by atoms with Crippen molar-refractivity contribution in [3.8, 4) is 11.5 Å². The minimum absolute atomic E-state index is 0. The molecule has 61 heavy (non-hydrogen) atoms. The number of Topliss-reactive ketones (excluding diaryl/α,β-unsaturated/α-hetero) is 2. The summed E-state index contributed by atoms with van der Waals surface area (Å²) < 4.78 is 70.1. The number of hydrogen-bond acceptors (Lipinski definition) is 9. The van der Waals surface area contributed by atoms with Crippen LogP contribution in [-0.4, -0.2) is 73.5 Å². The third-order valence-corrected chi connectivity index (χ3v) is 9.95. The zero-order valence-electron chi connectivity index (χ0n) is 34.8. The predicted molar refractivity (Wildman–Crippen MR) is 226 cm³/mol. The number of amides is 3. The van der Waals surface area contributed by atoms with E-state index in [4.69, 9.17) is 19.9 Å². The van der Waals surface area contributed by atoms with E-state index in [-0.39, 0.29) is 43.5 Å². The van der Waals surface area contributed by atoms with Gasteiger partial charge in [-0.25, -0.2) is 22.4 Å². The number of carbonyl (C=O) groups excluding carboxylic acids is 5. The van der Waals surface area contributed by atoms with Crippen molar-refractivity contribution in [3.05, 3.63) is 59.7 Å². The Morgan fingerprint density at radius 1 is 0.672 bits per heavy atom. The van der Waals surface area contributed by atoms with Crippen LogP contribution in [0.25, 0.3) is 0 Å². The van der Waals surface area contributed by atoms with E-state index in [1.54, 1.807) is 20.8 Å². The maximum atomic E-state index is 13.8. The highest BCUT2D eigenvalue weighted by molar-refractivity contribution is 5.91. The number of nitrogens with one attached hydrogen (secondary N) is 3. The van der Waals surface area contributed by atoms with Crippen LogP contribution in [0.2, 0.25) is 0 Å². The van der Waals surface area contributed by atoms with Gasteiger partial charge < -0.3 is 35.9 Å². The van der Waals surface area contributed by atoms with Crippen molar-refractivity contribution in [2.24, 2.45) is 17.6 Å². The Balaban J connectivity index is 0.000000606. The standard InChI is InChI=1S/C24H34F2N2O5.C19H26F2N2O3.CH4.ClH/c1-24(2,3)33-23(31)27-14-7-6-13-19(28-22(30)16-9-4-5-10-16)20(29)15-32-21-17(25)11-8-12-18(21)26;20-14-8-5-9-15(21)18(14)26-12-17(24)16(10-3-4-11-22)23-19(25)13-6-1-2-7-13;;/h8,11-12,16,19H,4-7,9-10,13-15H2,1-3H3,(H,27,31)(H,28,30);5,8-9,13,16H,1-4,6-7,10-12,22H2,(H,23,25);1H4;1H/t19-;16-;;/m00../s1. The molecule has 0 unspecified atom stereocenters. The lowest BCUT2D eigenvalue weighted by Gasteiger charge is -2.21. The summed E-state index contributed by atoms with van der Waals surface area (Å²) in [6, 6.07) is 5.05. The van der Waals surface area contributed by atoms with Gasteiger partial charge in [-0.05, 0) is 116 Å². The van der Waals surface area contributed by atoms with Gasteiger partial charge in [-0.1, -0.05) is 45.2 Å². The molecule has 2 atom stereocenters. The Hall–Kier alpha value is -4.44. The Morgan fingerprint density at radius 3 is 1.41 bits per heavy atom. The van der Waals surface area contributed by atoms with E-state index in [0.29, 0.717) is 45.2 Å². The van der Waals surface area contributed by atoms with Gasteiger partial charge in [0.05, 0.1) is 12.1 Å². The van der Waals surface area contributed by atoms with Crippen LogP contribution in [0.3, 0.4) is 0 Å². The summed E-state index contributed by atoms with van der Waals surface area (Å²) in [4.78, 5) is 61.8. The summed E-state index contributed by atoms with van der Waals surface area (Å²) in [5.74, 6) is -6.12. The van der Waals surface area contributed by atoms with Crippen molar-refractivity contribution in [2.45, 2.75) is 136 Å². The zero-order valence-corrected chi connectivity index (χ0v) is 35.6. The van der Waals surface area contributed by atoms with E-state index in [9.17, 15) is 41.5 Å². The fraction of sp³-hybridized carbons (Fsp3) is 0.614. The largest absolute Gasteiger partial charge is 0.480 e. The average Bonchev–Trinajstić information content (AvgIpc) is 3.92. The monoisotopic (exact) mass is 888 g/mol. The van der Waals surface area contributed by atoms with Crippen molar-refractivity contribution in [1.82, 2.24) is 16.0 Å². The number of ether oxygens (including phenoxy) is 3. The third-order valence-electron chi connectivity index (χ3n) is 9.95. The molecule has 4 rings (SSSR count). The van der Waals surface area contributed by atoms with Gasteiger partial charge in [-0.15, -0.1) is 12.4 Å².